The lowest BCUT2D eigenvalue weighted by Gasteiger charge is -2.25. The van der Waals surface area contributed by atoms with E-state index in [9.17, 15) is 14.7 Å². The number of ether oxygens (including phenoxy) is 2. The van der Waals surface area contributed by atoms with Crippen molar-refractivity contribution < 1.29 is 28.6 Å². The summed E-state index contributed by atoms with van der Waals surface area (Å²) in [4.78, 5) is 27.9. The maximum absolute atomic E-state index is 13.3. The fourth-order valence-electron chi connectivity index (χ4n) is 5.03. The molecule has 172 valence electrons. The van der Waals surface area contributed by atoms with Crippen molar-refractivity contribution in [3.8, 4) is 11.5 Å². The number of hydrogen-bond acceptors (Lipinski definition) is 6. The number of benzene rings is 2. The predicted molar refractivity (Wildman–Crippen MR) is 124 cm³/mol. The van der Waals surface area contributed by atoms with Crippen LogP contribution in [0.5, 0.6) is 11.5 Å². The van der Waals surface area contributed by atoms with Crippen LogP contribution < -0.4 is 14.4 Å². The zero-order valence-electron chi connectivity index (χ0n) is 18.5. The Bertz CT molecular complexity index is 1320. The highest BCUT2D eigenvalue weighted by atomic mass is 16.6. The molecule has 3 heterocycles. The highest BCUT2D eigenvalue weighted by Gasteiger charge is 2.48. The summed E-state index contributed by atoms with van der Waals surface area (Å²) in [6.45, 7) is 0.846. The number of aliphatic hydroxyl groups is 1. The number of nitrogens with zero attached hydrogens (tertiary/aromatic N) is 1. The van der Waals surface area contributed by atoms with Gasteiger partial charge in [0.15, 0.2) is 11.5 Å². The largest absolute Gasteiger partial charge is 0.507 e. The maximum Gasteiger partial charge on any atom is 0.300 e. The van der Waals surface area contributed by atoms with Gasteiger partial charge in [-0.3, -0.25) is 14.5 Å². The first kappa shape index (κ1) is 20.6. The van der Waals surface area contributed by atoms with Crippen molar-refractivity contribution in [1.82, 2.24) is 0 Å². The van der Waals surface area contributed by atoms with Gasteiger partial charge in [0.1, 0.15) is 30.8 Å². The van der Waals surface area contributed by atoms with Crippen LogP contribution in [0.3, 0.4) is 0 Å². The molecule has 7 heteroatoms. The van der Waals surface area contributed by atoms with Gasteiger partial charge < -0.3 is 19.0 Å². The molecule has 1 N–H and O–H groups in total. The fourth-order valence-corrected chi connectivity index (χ4v) is 5.03. The third-order valence-corrected chi connectivity index (χ3v) is 6.68. The van der Waals surface area contributed by atoms with E-state index in [0.29, 0.717) is 41.7 Å². The molecule has 1 unspecified atom stereocenters. The minimum atomic E-state index is -0.909. The highest BCUT2D eigenvalue weighted by Crippen LogP contribution is 2.44. The standard InChI is InChI=1S/C27H23NO6/c29-25(18-8-7-16-4-1-2-5-17(16)14-18)23-24(21-6-3-11-32-21)28(27(31)26(23)30)19-9-10-20-22(15-19)34-13-12-33-20/h3,6-11,14-15,24,29H,1-2,4-5,12-13H2/b25-23-. The van der Waals surface area contributed by atoms with Crippen molar-refractivity contribution >= 4 is 23.1 Å². The number of rotatable bonds is 3. The van der Waals surface area contributed by atoms with Gasteiger partial charge in [0.25, 0.3) is 11.7 Å². The lowest BCUT2D eigenvalue weighted by Crippen LogP contribution is -2.29. The van der Waals surface area contributed by atoms with Crippen molar-refractivity contribution in [3.05, 3.63) is 82.8 Å². The number of aliphatic hydroxyl groups excluding tert-OH is 1. The Labute approximate surface area is 196 Å². The first-order chi connectivity index (χ1) is 16.6. The Morgan fingerprint density at radius 3 is 2.50 bits per heavy atom. The number of carbonyl (C=O) groups excluding carboxylic acids is 2. The average molecular weight is 457 g/mol. The summed E-state index contributed by atoms with van der Waals surface area (Å²) in [5.41, 5.74) is 3.42. The summed E-state index contributed by atoms with van der Waals surface area (Å²) in [5, 5.41) is 11.3. The molecule has 0 spiro atoms. The molecule has 3 aliphatic rings. The van der Waals surface area contributed by atoms with E-state index in [4.69, 9.17) is 13.9 Å². The number of anilines is 1. The van der Waals surface area contributed by atoms with Gasteiger partial charge in [-0.05, 0) is 67.1 Å². The van der Waals surface area contributed by atoms with Crippen molar-refractivity contribution in [2.24, 2.45) is 0 Å². The SMILES string of the molecule is O=C1C(=O)N(c2ccc3c(c2)OCCO3)C(c2ccco2)/C1=C(/O)c1ccc2c(c1)CCCC2. The van der Waals surface area contributed by atoms with Crippen LogP contribution in [0.4, 0.5) is 5.69 Å². The number of fused-ring (bicyclic) bond motifs is 2. The van der Waals surface area contributed by atoms with E-state index >= 15 is 0 Å². The van der Waals surface area contributed by atoms with Gasteiger partial charge in [-0.1, -0.05) is 12.1 Å². The first-order valence-electron chi connectivity index (χ1n) is 11.5. The molecule has 6 rings (SSSR count). The molecule has 1 amide bonds. The highest BCUT2D eigenvalue weighted by molar-refractivity contribution is 6.51. The summed E-state index contributed by atoms with van der Waals surface area (Å²) in [6.07, 6.45) is 5.68. The molecule has 34 heavy (non-hydrogen) atoms. The third kappa shape index (κ3) is 3.27. The van der Waals surface area contributed by atoms with Crippen LogP contribution in [0.15, 0.2) is 64.8 Å². The van der Waals surface area contributed by atoms with E-state index in [2.05, 4.69) is 0 Å². The third-order valence-electron chi connectivity index (χ3n) is 6.68. The minimum Gasteiger partial charge on any atom is -0.507 e. The van der Waals surface area contributed by atoms with Crippen LogP contribution in [-0.4, -0.2) is 30.0 Å². The van der Waals surface area contributed by atoms with E-state index in [1.54, 1.807) is 30.3 Å². The Balaban J connectivity index is 1.49. The Morgan fingerprint density at radius 2 is 1.71 bits per heavy atom. The predicted octanol–water partition coefficient (Wildman–Crippen LogP) is 4.56. The Kier molecular flexibility index (Phi) is 4.90. The Morgan fingerprint density at radius 1 is 0.912 bits per heavy atom. The smallest absolute Gasteiger partial charge is 0.300 e. The molecule has 1 aromatic heterocycles. The second-order valence-corrected chi connectivity index (χ2v) is 8.70. The maximum atomic E-state index is 13.3. The van der Waals surface area contributed by atoms with Gasteiger partial charge in [0.2, 0.25) is 0 Å². The molecule has 2 aromatic carbocycles. The minimum absolute atomic E-state index is 0.00518. The van der Waals surface area contributed by atoms with Gasteiger partial charge in [0.05, 0.1) is 11.8 Å². The zero-order chi connectivity index (χ0) is 23.2. The first-order valence-corrected chi connectivity index (χ1v) is 11.5. The summed E-state index contributed by atoms with van der Waals surface area (Å²) < 4.78 is 16.9. The van der Waals surface area contributed by atoms with Crippen molar-refractivity contribution in [2.45, 2.75) is 31.7 Å². The van der Waals surface area contributed by atoms with Gasteiger partial charge in [-0.15, -0.1) is 0 Å². The monoisotopic (exact) mass is 457 g/mol. The van der Waals surface area contributed by atoms with Crippen LogP contribution in [0.25, 0.3) is 5.76 Å². The average Bonchev–Trinajstić information content (AvgIpc) is 3.50. The second kappa shape index (κ2) is 8.09. The van der Waals surface area contributed by atoms with Crippen molar-refractivity contribution in [1.29, 1.82) is 0 Å². The van der Waals surface area contributed by atoms with Crippen LogP contribution in [-0.2, 0) is 22.4 Å². The molecule has 0 bridgehead atoms. The lowest BCUT2D eigenvalue weighted by molar-refractivity contribution is -0.132. The number of furan rings is 1. The molecule has 3 aromatic rings. The van der Waals surface area contributed by atoms with E-state index in [0.717, 1.165) is 25.7 Å². The topological polar surface area (TPSA) is 89.2 Å². The molecule has 0 saturated carbocycles. The number of ketones is 1. The number of amides is 1. The summed E-state index contributed by atoms with van der Waals surface area (Å²) in [5.74, 6) is -0.236. The van der Waals surface area contributed by atoms with Crippen LogP contribution in [0.2, 0.25) is 0 Å². The van der Waals surface area contributed by atoms with Crippen molar-refractivity contribution in [3.63, 3.8) is 0 Å². The van der Waals surface area contributed by atoms with Crippen LogP contribution in [0, 0.1) is 0 Å². The van der Waals surface area contributed by atoms with Gasteiger partial charge in [-0.2, -0.15) is 0 Å². The molecular weight excluding hydrogens is 434 g/mol. The molecule has 2 aliphatic heterocycles. The number of carbonyl (C=O) groups is 2. The van der Waals surface area contributed by atoms with Gasteiger partial charge >= 0.3 is 0 Å². The number of Topliss-reactive ketones (excluding diaryl/α,β-unsaturated/α-hetero) is 1. The quantitative estimate of drug-likeness (QED) is 0.353. The van der Waals surface area contributed by atoms with E-state index < -0.39 is 17.7 Å². The van der Waals surface area contributed by atoms with E-state index in [1.807, 2.05) is 18.2 Å². The van der Waals surface area contributed by atoms with Crippen molar-refractivity contribution in [2.75, 3.05) is 18.1 Å². The molecule has 1 saturated heterocycles. The van der Waals surface area contributed by atoms with E-state index in [-0.39, 0.29) is 11.3 Å². The Hall–Kier alpha value is -4.00. The summed E-state index contributed by atoms with van der Waals surface area (Å²) in [7, 11) is 0. The number of aryl methyl sites for hydroxylation is 2. The summed E-state index contributed by atoms with van der Waals surface area (Å²) in [6, 6.07) is 13.3. The molecular formula is C27H23NO6. The molecule has 1 atom stereocenters. The van der Waals surface area contributed by atoms with Gasteiger partial charge in [-0.25, -0.2) is 0 Å². The lowest BCUT2D eigenvalue weighted by atomic mass is 9.89. The van der Waals surface area contributed by atoms with Gasteiger partial charge in [0, 0.05) is 17.3 Å². The molecule has 0 radical (unpaired) electrons. The van der Waals surface area contributed by atoms with Crippen LogP contribution >= 0.6 is 0 Å². The summed E-state index contributed by atoms with van der Waals surface area (Å²) >= 11 is 0. The number of hydrogen-bond donors (Lipinski definition) is 1. The molecule has 1 fully saturated rings. The second-order valence-electron chi connectivity index (χ2n) is 8.70. The normalized spacial score (nSPS) is 20.9. The van der Waals surface area contributed by atoms with E-state index in [1.165, 1.54) is 22.3 Å². The zero-order valence-corrected chi connectivity index (χ0v) is 18.5. The molecule has 1 aliphatic carbocycles. The fraction of sp³-hybridized carbons (Fsp3) is 0.259. The molecule has 7 nitrogen and oxygen atoms in total. The van der Waals surface area contributed by atoms with Crippen LogP contribution in [0.1, 0.15) is 41.3 Å².